The maximum Gasteiger partial charge on any atom is 0.246 e. The number of carbonyl (C=O) groups excluding carboxylic acids is 1. The number of carbonyl (C=O) groups is 1. The summed E-state index contributed by atoms with van der Waals surface area (Å²) in [4.78, 5) is 30.4. The van der Waals surface area contributed by atoms with Crippen molar-refractivity contribution in [3.05, 3.63) is 58.0 Å². The highest BCUT2D eigenvalue weighted by Crippen LogP contribution is 2.38. The standard InChI is InChI=1S/C28H34ClFN6O2S/c1-34(2)12-13-35(16-20-5-4-14-38-20)10-3-6-25(37)36-11-9-21-24(17-36)39-28-26(21)27(31-18-32-28)33-19-7-8-23(30)22(29)15-19/h3,6-8,15,18,20H,4-5,9-14,16-17H2,1-2H3,(H,31,32,33). The summed E-state index contributed by atoms with van der Waals surface area (Å²) < 4.78 is 19.4. The fourth-order valence-corrected chi connectivity index (χ4v) is 6.39. The predicted octanol–water partition coefficient (Wildman–Crippen LogP) is 4.71. The van der Waals surface area contributed by atoms with Gasteiger partial charge in [-0.25, -0.2) is 14.4 Å². The molecule has 208 valence electrons. The number of rotatable bonds is 10. The normalized spacial score (nSPS) is 17.6. The Morgan fingerprint density at radius 2 is 2.21 bits per heavy atom. The molecule has 0 spiro atoms. The SMILES string of the molecule is CN(C)CCN(CC=CC(=O)N1CCc2c(sc3ncnc(Nc4ccc(F)c(Cl)c4)c23)C1)CC1CCCO1. The van der Waals surface area contributed by atoms with Crippen molar-refractivity contribution in [3.8, 4) is 0 Å². The maximum atomic E-state index is 13.6. The molecule has 1 fully saturated rings. The van der Waals surface area contributed by atoms with Gasteiger partial charge in [-0.15, -0.1) is 11.3 Å². The molecule has 39 heavy (non-hydrogen) atoms. The number of ether oxygens (including phenoxy) is 1. The smallest absolute Gasteiger partial charge is 0.246 e. The predicted molar refractivity (Wildman–Crippen MR) is 154 cm³/mol. The van der Waals surface area contributed by atoms with Crippen LogP contribution in [0.15, 0.2) is 36.7 Å². The van der Waals surface area contributed by atoms with Crippen LogP contribution < -0.4 is 5.32 Å². The number of benzene rings is 1. The van der Waals surface area contributed by atoms with E-state index in [1.54, 1.807) is 29.5 Å². The van der Waals surface area contributed by atoms with Crippen LogP contribution in [0.2, 0.25) is 5.02 Å². The Bertz CT molecular complexity index is 1340. The number of amides is 1. The minimum atomic E-state index is -0.467. The highest BCUT2D eigenvalue weighted by Gasteiger charge is 2.26. The number of nitrogens with one attached hydrogen (secondary N) is 1. The summed E-state index contributed by atoms with van der Waals surface area (Å²) in [6, 6.07) is 4.50. The summed E-state index contributed by atoms with van der Waals surface area (Å²) in [5.74, 6) is 0.211. The molecular formula is C28H34ClFN6O2S. The Labute approximate surface area is 237 Å². The van der Waals surface area contributed by atoms with Gasteiger partial charge >= 0.3 is 0 Å². The molecule has 3 aromatic rings. The number of halogens is 2. The molecule has 1 saturated heterocycles. The van der Waals surface area contributed by atoms with E-state index in [1.165, 1.54) is 12.4 Å². The third-order valence-electron chi connectivity index (χ3n) is 7.10. The lowest BCUT2D eigenvalue weighted by Gasteiger charge is -2.27. The van der Waals surface area contributed by atoms with E-state index in [4.69, 9.17) is 16.3 Å². The van der Waals surface area contributed by atoms with Crippen LogP contribution >= 0.6 is 22.9 Å². The number of hydrogen-bond acceptors (Lipinski definition) is 8. The molecule has 2 aliphatic heterocycles. The Balaban J connectivity index is 1.24. The highest BCUT2D eigenvalue weighted by atomic mass is 35.5. The van der Waals surface area contributed by atoms with Crippen molar-refractivity contribution in [2.24, 2.45) is 0 Å². The second kappa shape index (κ2) is 12.7. The molecule has 1 N–H and O–H groups in total. The van der Waals surface area contributed by atoms with Crippen molar-refractivity contribution in [3.63, 3.8) is 0 Å². The van der Waals surface area contributed by atoms with E-state index in [0.29, 0.717) is 24.6 Å². The third-order valence-corrected chi connectivity index (χ3v) is 8.52. The van der Waals surface area contributed by atoms with Gasteiger partial charge in [0.05, 0.1) is 23.1 Å². The van der Waals surface area contributed by atoms with E-state index in [9.17, 15) is 9.18 Å². The molecule has 1 amide bonds. The van der Waals surface area contributed by atoms with Crippen molar-refractivity contribution in [1.29, 1.82) is 0 Å². The second-order valence-electron chi connectivity index (χ2n) is 10.3. The van der Waals surface area contributed by atoms with Crippen molar-refractivity contribution < 1.29 is 13.9 Å². The van der Waals surface area contributed by atoms with Crippen molar-refractivity contribution in [1.82, 2.24) is 24.7 Å². The molecule has 1 aromatic carbocycles. The molecule has 0 saturated carbocycles. The minimum absolute atomic E-state index is 0.0215. The number of anilines is 2. The molecular weight excluding hydrogens is 539 g/mol. The first-order valence-corrected chi connectivity index (χ1v) is 14.5. The van der Waals surface area contributed by atoms with Crippen LogP contribution in [0, 0.1) is 5.82 Å². The zero-order chi connectivity index (χ0) is 27.4. The summed E-state index contributed by atoms with van der Waals surface area (Å²) in [5.41, 5.74) is 1.81. The van der Waals surface area contributed by atoms with Gasteiger partial charge in [-0.05, 0) is 57.1 Å². The lowest BCUT2D eigenvalue weighted by molar-refractivity contribution is -0.126. The number of aromatic nitrogens is 2. The fraction of sp³-hybridized carbons (Fsp3) is 0.464. The summed E-state index contributed by atoms with van der Waals surface area (Å²) >= 11 is 7.54. The van der Waals surface area contributed by atoms with Gasteiger partial charge in [-0.1, -0.05) is 17.7 Å². The molecule has 0 aliphatic carbocycles. The Hall–Kier alpha value is -2.63. The largest absolute Gasteiger partial charge is 0.377 e. The van der Waals surface area contributed by atoms with Crippen LogP contribution in [0.1, 0.15) is 23.3 Å². The maximum absolute atomic E-state index is 13.6. The monoisotopic (exact) mass is 572 g/mol. The average molecular weight is 573 g/mol. The molecule has 0 bridgehead atoms. The van der Waals surface area contributed by atoms with E-state index < -0.39 is 5.82 Å². The Kier molecular flexibility index (Phi) is 9.09. The Morgan fingerprint density at radius 3 is 2.97 bits per heavy atom. The lowest BCUT2D eigenvalue weighted by Crippen LogP contribution is -2.37. The minimum Gasteiger partial charge on any atom is -0.377 e. The van der Waals surface area contributed by atoms with Gasteiger partial charge in [0, 0.05) is 56.0 Å². The number of fused-ring (bicyclic) bond motifs is 3. The lowest BCUT2D eigenvalue weighted by atomic mass is 10.0. The van der Waals surface area contributed by atoms with E-state index in [0.717, 1.165) is 72.7 Å². The van der Waals surface area contributed by atoms with Gasteiger partial charge in [-0.3, -0.25) is 9.69 Å². The summed E-state index contributed by atoms with van der Waals surface area (Å²) in [6.45, 7) is 5.52. The van der Waals surface area contributed by atoms with Crippen LogP contribution in [-0.4, -0.2) is 90.1 Å². The van der Waals surface area contributed by atoms with Crippen LogP contribution in [0.25, 0.3) is 10.2 Å². The van der Waals surface area contributed by atoms with E-state index in [2.05, 4.69) is 39.2 Å². The van der Waals surface area contributed by atoms with Gasteiger partial charge in [-0.2, -0.15) is 0 Å². The topological polar surface area (TPSA) is 73.8 Å². The third kappa shape index (κ3) is 6.93. The van der Waals surface area contributed by atoms with Gasteiger partial charge in [0.1, 0.15) is 22.8 Å². The zero-order valence-electron chi connectivity index (χ0n) is 22.3. The number of thiophene rings is 1. The fourth-order valence-electron chi connectivity index (χ4n) is 5.00. The summed E-state index contributed by atoms with van der Waals surface area (Å²) in [6.07, 6.45) is 8.44. The van der Waals surface area contributed by atoms with Crippen molar-refractivity contribution in [2.45, 2.75) is 31.9 Å². The van der Waals surface area contributed by atoms with Gasteiger partial charge in [0.2, 0.25) is 5.91 Å². The molecule has 0 radical (unpaired) electrons. The molecule has 2 aromatic heterocycles. The average Bonchev–Trinajstić information content (AvgIpc) is 3.56. The van der Waals surface area contributed by atoms with E-state index in [1.807, 2.05) is 11.0 Å². The first-order chi connectivity index (χ1) is 18.9. The second-order valence-corrected chi connectivity index (χ2v) is 11.8. The van der Waals surface area contributed by atoms with Gasteiger partial charge < -0.3 is 19.9 Å². The number of hydrogen-bond donors (Lipinski definition) is 1. The van der Waals surface area contributed by atoms with Gasteiger partial charge in [0.25, 0.3) is 0 Å². The quantitative estimate of drug-likeness (QED) is 0.353. The summed E-state index contributed by atoms with van der Waals surface area (Å²) in [5, 5.41) is 4.26. The number of likely N-dealkylation sites (N-methyl/N-ethyl adjacent to an activating group) is 1. The molecule has 8 nitrogen and oxygen atoms in total. The first-order valence-electron chi connectivity index (χ1n) is 13.3. The Morgan fingerprint density at radius 1 is 1.33 bits per heavy atom. The van der Waals surface area contributed by atoms with Gasteiger partial charge in [0.15, 0.2) is 0 Å². The van der Waals surface area contributed by atoms with Crippen LogP contribution in [0.4, 0.5) is 15.9 Å². The molecule has 4 heterocycles. The zero-order valence-corrected chi connectivity index (χ0v) is 23.9. The van der Waals surface area contributed by atoms with E-state index >= 15 is 0 Å². The highest BCUT2D eigenvalue weighted by molar-refractivity contribution is 7.19. The molecule has 1 atom stereocenters. The van der Waals surface area contributed by atoms with Crippen LogP contribution in [0.3, 0.4) is 0 Å². The van der Waals surface area contributed by atoms with Crippen LogP contribution in [-0.2, 0) is 22.5 Å². The van der Waals surface area contributed by atoms with Crippen molar-refractivity contribution >= 4 is 50.6 Å². The van der Waals surface area contributed by atoms with Crippen LogP contribution in [0.5, 0.6) is 0 Å². The number of nitrogens with zero attached hydrogens (tertiary/aromatic N) is 5. The van der Waals surface area contributed by atoms with E-state index in [-0.39, 0.29) is 17.0 Å². The molecule has 1 unspecified atom stereocenters. The molecule has 2 aliphatic rings. The molecule has 11 heteroatoms. The summed E-state index contributed by atoms with van der Waals surface area (Å²) in [7, 11) is 4.15. The van der Waals surface area contributed by atoms with Crippen molar-refractivity contribution in [2.75, 3.05) is 58.7 Å². The molecule has 5 rings (SSSR count). The first kappa shape index (κ1) is 27.9.